The van der Waals surface area contributed by atoms with E-state index in [0.29, 0.717) is 33.8 Å². The second kappa shape index (κ2) is 15.8. The number of amides is 3. The maximum atomic E-state index is 12.8. The second-order valence-corrected chi connectivity index (χ2v) is 12.4. The Morgan fingerprint density at radius 3 is 1.24 bits per heavy atom. The molecule has 7 nitrogen and oxygen atoms in total. The summed E-state index contributed by atoms with van der Waals surface area (Å²) < 4.78 is 1.01. The SMILES string of the molecule is CCc1ccc(C(=O)Nc2ccc(C(=O)Nc3ccc(NC(=O)c4ccc(CCCCCC[N+](C)(C)C)cc4)cc3)cc2)cc1. The van der Waals surface area contributed by atoms with Crippen molar-refractivity contribution in [3.05, 3.63) is 125 Å². The molecule has 0 aliphatic rings. The van der Waals surface area contributed by atoms with Crippen LogP contribution in [0.1, 0.15) is 74.8 Å². The Bertz CT molecular complexity index is 1550. The molecule has 0 heterocycles. The van der Waals surface area contributed by atoms with Crippen LogP contribution in [0.3, 0.4) is 0 Å². The van der Waals surface area contributed by atoms with Gasteiger partial charge >= 0.3 is 0 Å². The maximum Gasteiger partial charge on any atom is 0.255 e. The van der Waals surface area contributed by atoms with Crippen LogP contribution in [-0.4, -0.2) is 49.9 Å². The fourth-order valence-corrected chi connectivity index (χ4v) is 4.94. The molecule has 0 unspecified atom stereocenters. The summed E-state index contributed by atoms with van der Waals surface area (Å²) in [6.07, 6.45) is 6.82. The lowest BCUT2D eigenvalue weighted by molar-refractivity contribution is -0.870. The number of benzene rings is 4. The highest BCUT2D eigenvalue weighted by Gasteiger charge is 2.11. The number of quaternary nitrogens is 1. The number of carbonyl (C=O) groups is 3. The van der Waals surface area contributed by atoms with Crippen LogP contribution in [0.15, 0.2) is 97.1 Å². The molecule has 3 amide bonds. The average Bonchev–Trinajstić information content (AvgIpc) is 3.03. The third-order valence-corrected chi connectivity index (χ3v) is 7.69. The van der Waals surface area contributed by atoms with Gasteiger partial charge in [-0.3, -0.25) is 14.4 Å². The van der Waals surface area contributed by atoms with Crippen LogP contribution < -0.4 is 16.0 Å². The molecule has 0 aliphatic heterocycles. The molecule has 7 heteroatoms. The molecule has 45 heavy (non-hydrogen) atoms. The summed E-state index contributed by atoms with van der Waals surface area (Å²) in [6, 6.07) is 29.0. The molecule has 4 rings (SSSR count). The summed E-state index contributed by atoms with van der Waals surface area (Å²) >= 11 is 0. The van der Waals surface area contributed by atoms with Gasteiger partial charge in [0.1, 0.15) is 0 Å². The summed E-state index contributed by atoms with van der Waals surface area (Å²) in [5.41, 5.74) is 5.91. The molecule has 4 aromatic carbocycles. The third-order valence-electron chi connectivity index (χ3n) is 7.69. The number of rotatable bonds is 14. The minimum absolute atomic E-state index is 0.177. The first-order chi connectivity index (χ1) is 21.6. The predicted octanol–water partition coefficient (Wildman–Crippen LogP) is 7.82. The van der Waals surface area contributed by atoms with E-state index in [2.05, 4.69) is 44.0 Å². The van der Waals surface area contributed by atoms with Crippen molar-refractivity contribution in [2.24, 2.45) is 0 Å². The summed E-state index contributed by atoms with van der Waals surface area (Å²) in [5.74, 6) is -0.653. The fraction of sp³-hybridized carbons (Fsp3) is 0.289. The average molecular weight is 606 g/mol. The Morgan fingerprint density at radius 2 is 0.844 bits per heavy atom. The van der Waals surface area contributed by atoms with Crippen molar-refractivity contribution < 1.29 is 18.9 Å². The van der Waals surface area contributed by atoms with Crippen LogP contribution in [0.4, 0.5) is 17.1 Å². The van der Waals surface area contributed by atoms with Gasteiger partial charge in [0.15, 0.2) is 0 Å². The maximum absolute atomic E-state index is 12.8. The Morgan fingerprint density at radius 1 is 0.489 bits per heavy atom. The lowest BCUT2D eigenvalue weighted by Crippen LogP contribution is -2.35. The highest BCUT2D eigenvalue weighted by molar-refractivity contribution is 6.07. The van der Waals surface area contributed by atoms with Crippen LogP contribution in [0.25, 0.3) is 0 Å². The van der Waals surface area contributed by atoms with E-state index in [1.165, 1.54) is 36.9 Å². The first-order valence-corrected chi connectivity index (χ1v) is 15.7. The number of nitrogens with zero attached hydrogens (tertiary/aromatic N) is 1. The predicted molar refractivity (Wildman–Crippen MR) is 184 cm³/mol. The van der Waals surface area contributed by atoms with Crippen molar-refractivity contribution in [1.29, 1.82) is 0 Å². The Kier molecular flexibility index (Phi) is 11.7. The first kappa shape index (κ1) is 33.1. The molecule has 0 saturated heterocycles. The Hall–Kier alpha value is -4.75. The first-order valence-electron chi connectivity index (χ1n) is 15.7. The van der Waals surface area contributed by atoms with Crippen LogP contribution in [0.2, 0.25) is 0 Å². The molecule has 234 valence electrons. The van der Waals surface area contributed by atoms with Crippen LogP contribution in [-0.2, 0) is 12.8 Å². The second-order valence-electron chi connectivity index (χ2n) is 12.4. The number of hydrogen-bond acceptors (Lipinski definition) is 3. The van der Waals surface area contributed by atoms with Crippen molar-refractivity contribution in [3.63, 3.8) is 0 Å². The van der Waals surface area contributed by atoms with Gasteiger partial charge in [0.2, 0.25) is 0 Å². The summed E-state index contributed by atoms with van der Waals surface area (Å²) in [5, 5.41) is 8.65. The zero-order valence-corrected chi connectivity index (χ0v) is 26.9. The topological polar surface area (TPSA) is 87.3 Å². The van der Waals surface area contributed by atoms with Gasteiger partial charge in [-0.15, -0.1) is 0 Å². The highest BCUT2D eigenvalue weighted by Crippen LogP contribution is 2.18. The third kappa shape index (κ3) is 10.7. The van der Waals surface area contributed by atoms with Crippen molar-refractivity contribution in [2.75, 3.05) is 43.6 Å². The van der Waals surface area contributed by atoms with E-state index in [4.69, 9.17) is 0 Å². The summed E-state index contributed by atoms with van der Waals surface area (Å²) in [6.45, 7) is 3.27. The Balaban J connectivity index is 1.21. The normalized spacial score (nSPS) is 11.1. The van der Waals surface area contributed by atoms with E-state index in [9.17, 15) is 14.4 Å². The van der Waals surface area contributed by atoms with Crippen LogP contribution in [0, 0.1) is 0 Å². The van der Waals surface area contributed by atoms with E-state index in [-0.39, 0.29) is 17.7 Å². The van der Waals surface area contributed by atoms with Crippen molar-refractivity contribution in [3.8, 4) is 0 Å². The van der Waals surface area contributed by atoms with Gasteiger partial charge in [-0.05, 0) is 116 Å². The van der Waals surface area contributed by atoms with E-state index in [0.717, 1.165) is 23.7 Å². The lowest BCUT2D eigenvalue weighted by Gasteiger charge is -2.23. The van der Waals surface area contributed by atoms with Gasteiger partial charge in [0.25, 0.3) is 17.7 Å². The zero-order valence-electron chi connectivity index (χ0n) is 26.9. The molecule has 3 N–H and O–H groups in total. The van der Waals surface area contributed by atoms with E-state index in [1.807, 2.05) is 36.4 Å². The molecule has 0 fully saturated rings. The van der Waals surface area contributed by atoms with Crippen molar-refractivity contribution >= 4 is 34.8 Å². The minimum Gasteiger partial charge on any atom is -0.331 e. The summed E-state index contributed by atoms with van der Waals surface area (Å²) in [7, 11) is 6.69. The lowest BCUT2D eigenvalue weighted by atomic mass is 10.0. The monoisotopic (exact) mass is 605 g/mol. The molecule has 0 bridgehead atoms. The van der Waals surface area contributed by atoms with Gasteiger partial charge in [-0.1, -0.05) is 37.6 Å². The number of anilines is 3. The molecule has 0 atom stereocenters. The quantitative estimate of drug-likeness (QED) is 0.101. The highest BCUT2D eigenvalue weighted by atomic mass is 16.2. The number of hydrogen-bond donors (Lipinski definition) is 3. The van der Waals surface area contributed by atoms with Gasteiger partial charge in [0, 0.05) is 33.8 Å². The van der Waals surface area contributed by atoms with E-state index < -0.39 is 0 Å². The largest absolute Gasteiger partial charge is 0.331 e. The standard InChI is InChI=1S/C38H44N4O3/c1-5-28-11-15-30(16-12-28)36(43)39-33-21-19-32(20-22-33)38(45)41-35-25-23-34(24-26-35)40-37(44)31-17-13-29(14-18-31)10-8-6-7-9-27-42(2,3)4/h11-26H,5-10,27H2,1-4H3,(H2-,39,40,41,43,44,45)/p+1. The molecular weight excluding hydrogens is 560 g/mol. The molecule has 0 saturated carbocycles. The number of nitrogens with one attached hydrogen (secondary N) is 3. The molecule has 0 aliphatic carbocycles. The van der Waals surface area contributed by atoms with Gasteiger partial charge in [-0.2, -0.15) is 0 Å². The number of carbonyl (C=O) groups excluding carboxylic acids is 3. The number of unbranched alkanes of at least 4 members (excludes halogenated alkanes) is 3. The summed E-state index contributed by atoms with van der Waals surface area (Å²) in [4.78, 5) is 38.1. The zero-order chi connectivity index (χ0) is 32.2. The van der Waals surface area contributed by atoms with E-state index in [1.54, 1.807) is 60.7 Å². The smallest absolute Gasteiger partial charge is 0.255 e. The fourth-order valence-electron chi connectivity index (χ4n) is 4.94. The number of aryl methyl sites for hydroxylation is 2. The Labute approximate surface area is 267 Å². The van der Waals surface area contributed by atoms with Crippen LogP contribution in [0.5, 0.6) is 0 Å². The van der Waals surface area contributed by atoms with Crippen molar-refractivity contribution in [2.45, 2.75) is 45.4 Å². The van der Waals surface area contributed by atoms with Gasteiger partial charge in [0.05, 0.1) is 27.7 Å². The minimum atomic E-state index is -0.274. The van der Waals surface area contributed by atoms with Crippen molar-refractivity contribution in [1.82, 2.24) is 0 Å². The molecule has 4 aromatic rings. The molecule has 0 radical (unpaired) electrons. The molecular formula is C38H45N4O3+. The molecule has 0 spiro atoms. The molecule has 0 aromatic heterocycles. The van der Waals surface area contributed by atoms with Crippen LogP contribution >= 0.6 is 0 Å². The van der Waals surface area contributed by atoms with E-state index >= 15 is 0 Å². The van der Waals surface area contributed by atoms with Gasteiger partial charge in [-0.25, -0.2) is 0 Å². The van der Waals surface area contributed by atoms with Gasteiger partial charge < -0.3 is 20.4 Å².